The van der Waals surface area contributed by atoms with E-state index in [9.17, 15) is 13.7 Å². The molecule has 0 heterocycles. The van der Waals surface area contributed by atoms with Crippen LogP contribution in [0.25, 0.3) is 0 Å². The molecule has 0 atom stereocenters. The van der Waals surface area contributed by atoms with E-state index in [0.717, 1.165) is 0 Å². The van der Waals surface area contributed by atoms with Gasteiger partial charge in [-0.3, -0.25) is 13.6 Å². The van der Waals surface area contributed by atoms with Crippen LogP contribution < -0.4 is 51.4 Å². The number of hydrogen-bond acceptors (Lipinski definition) is 6. The summed E-state index contributed by atoms with van der Waals surface area (Å²) in [4.78, 5) is 47.4. The maximum absolute atomic E-state index is 9.70. The van der Waals surface area contributed by atoms with Crippen molar-refractivity contribution in [2.75, 3.05) is 19.8 Å². The Morgan fingerprint density at radius 1 is 0.636 bits per heavy atom. The second-order valence-electron chi connectivity index (χ2n) is 2.73. The third-order valence-corrected chi connectivity index (χ3v) is 2.68. The second-order valence-corrected chi connectivity index (χ2v) is 6.44. The molecule has 0 aromatic carbocycles. The Bertz CT molecular complexity index is 320. The van der Waals surface area contributed by atoms with Crippen LogP contribution in [0.3, 0.4) is 0 Å². The quantitative estimate of drug-likeness (QED) is 0.195. The molecule has 0 radical (unpaired) electrons. The summed E-state index contributed by atoms with van der Waals surface area (Å²) in [6.07, 6.45) is 0. The Balaban J connectivity index is -0.0000000675. The number of phosphoric ester groups is 3. The molecule has 0 saturated carbocycles. The molecule has 0 aliphatic carbocycles. The number of phosphoric acid groups is 3. The van der Waals surface area contributed by atoms with Crippen LogP contribution in [0.15, 0.2) is 0 Å². The summed E-state index contributed by atoms with van der Waals surface area (Å²) in [5.41, 5.74) is 0. The van der Waals surface area contributed by atoms with Crippen molar-refractivity contribution >= 4 is 23.5 Å². The first-order valence-electron chi connectivity index (χ1n) is 5.28. The van der Waals surface area contributed by atoms with Crippen molar-refractivity contribution < 1.29 is 109 Å². The molecule has 0 saturated heterocycles. The molecular weight excluding hydrogens is 396 g/mol. The van der Waals surface area contributed by atoms with Crippen molar-refractivity contribution in [1.29, 1.82) is 0 Å². The van der Waals surface area contributed by atoms with E-state index in [-0.39, 0.29) is 72.6 Å². The van der Waals surface area contributed by atoms with Crippen LogP contribution in [0.5, 0.6) is 0 Å². The summed E-state index contributed by atoms with van der Waals surface area (Å²) in [5.74, 6) is 0. The maximum atomic E-state index is 9.70. The van der Waals surface area contributed by atoms with Crippen molar-refractivity contribution in [2.45, 2.75) is 20.8 Å². The van der Waals surface area contributed by atoms with Crippen LogP contribution in [0.2, 0.25) is 0 Å². The normalized spacial score (nSPS) is 11.3. The van der Waals surface area contributed by atoms with E-state index in [1.807, 2.05) is 0 Å². The molecule has 0 aliphatic rings. The van der Waals surface area contributed by atoms with Gasteiger partial charge in [0.15, 0.2) is 0 Å². The molecule has 0 aromatic rings. The van der Waals surface area contributed by atoms with Crippen LogP contribution in [-0.2, 0) is 27.3 Å². The van der Waals surface area contributed by atoms with Gasteiger partial charge in [-0.2, -0.15) is 0 Å². The summed E-state index contributed by atoms with van der Waals surface area (Å²) >= 11 is 0. The summed E-state index contributed by atoms with van der Waals surface area (Å²) in [6, 6.07) is 0. The molecule has 0 rings (SSSR count). The van der Waals surface area contributed by atoms with Crippen molar-refractivity contribution in [3.05, 3.63) is 0 Å². The first-order chi connectivity index (χ1) is 9.18. The van der Waals surface area contributed by atoms with Crippen LogP contribution in [-0.4, -0.2) is 49.2 Å². The molecule has 6 N–H and O–H groups in total. The molecular formula is C6H22KO12P3. The molecule has 0 bridgehead atoms. The van der Waals surface area contributed by atoms with Crippen molar-refractivity contribution in [3.8, 4) is 0 Å². The minimum absolute atomic E-state index is 0. The summed E-state index contributed by atoms with van der Waals surface area (Å²) in [7, 11) is -12.5. The zero-order chi connectivity index (χ0) is 17.7. The van der Waals surface area contributed by atoms with E-state index >= 15 is 0 Å². The van der Waals surface area contributed by atoms with E-state index in [4.69, 9.17) is 29.4 Å². The number of rotatable bonds is 6. The fraction of sp³-hybridized carbons (Fsp3) is 1.00. The average Bonchev–Trinajstić information content (AvgIpc) is 2.12. The van der Waals surface area contributed by atoms with Gasteiger partial charge in [0.25, 0.3) is 0 Å². The van der Waals surface area contributed by atoms with Crippen LogP contribution >= 0.6 is 23.5 Å². The zero-order valence-corrected chi connectivity index (χ0v) is 18.4. The largest absolute Gasteiger partial charge is 1.00 e. The average molecular weight is 418 g/mol. The fourth-order valence-electron chi connectivity index (χ4n) is 0.505. The standard InChI is InChI=1S/3C2H7O4P.K.H/c3*1-2-6-7(3,4)5;;/h3*2H2,1H3,(H2,3,4,5);;/q;;;+1;-1. The van der Waals surface area contributed by atoms with E-state index in [0.29, 0.717) is 0 Å². The van der Waals surface area contributed by atoms with Gasteiger partial charge in [0, 0.05) is 0 Å². The molecule has 0 aromatic heterocycles. The Labute approximate surface area is 172 Å². The molecule has 0 fully saturated rings. The van der Waals surface area contributed by atoms with E-state index < -0.39 is 23.5 Å². The molecule has 0 amide bonds. The number of hydrogen-bond donors (Lipinski definition) is 6. The Morgan fingerprint density at radius 2 is 0.773 bits per heavy atom. The molecule has 0 unspecified atom stereocenters. The molecule has 0 aliphatic heterocycles. The maximum Gasteiger partial charge on any atom is 1.00 e. The van der Waals surface area contributed by atoms with Gasteiger partial charge in [-0.15, -0.1) is 0 Å². The van der Waals surface area contributed by atoms with Gasteiger partial charge >= 0.3 is 74.9 Å². The monoisotopic (exact) mass is 418 g/mol. The second kappa shape index (κ2) is 16.4. The molecule has 134 valence electrons. The van der Waals surface area contributed by atoms with E-state index in [1.165, 1.54) is 20.8 Å². The van der Waals surface area contributed by atoms with Crippen LogP contribution in [0.4, 0.5) is 0 Å². The first-order valence-corrected chi connectivity index (χ1v) is 9.87. The van der Waals surface area contributed by atoms with Gasteiger partial charge in [0.2, 0.25) is 0 Å². The van der Waals surface area contributed by atoms with Crippen LogP contribution in [0, 0.1) is 0 Å². The van der Waals surface area contributed by atoms with Gasteiger partial charge in [0.05, 0.1) is 19.8 Å². The Morgan fingerprint density at radius 3 is 0.773 bits per heavy atom. The third-order valence-electron chi connectivity index (χ3n) is 0.892. The van der Waals surface area contributed by atoms with Crippen LogP contribution in [0.1, 0.15) is 22.2 Å². The molecule has 22 heavy (non-hydrogen) atoms. The smallest absolute Gasteiger partial charge is 1.00 e. The van der Waals surface area contributed by atoms with Gasteiger partial charge in [-0.1, -0.05) is 0 Å². The summed E-state index contributed by atoms with van der Waals surface area (Å²) < 4.78 is 40.8. The minimum atomic E-state index is -4.17. The predicted octanol–water partition coefficient (Wildman–Crippen LogP) is -2.54. The van der Waals surface area contributed by atoms with E-state index in [2.05, 4.69) is 13.6 Å². The van der Waals surface area contributed by atoms with Gasteiger partial charge in [-0.05, 0) is 20.8 Å². The van der Waals surface area contributed by atoms with E-state index in [1.54, 1.807) is 0 Å². The molecule has 12 nitrogen and oxygen atoms in total. The topological polar surface area (TPSA) is 200 Å². The first kappa shape index (κ1) is 31.7. The zero-order valence-electron chi connectivity index (χ0n) is 13.6. The van der Waals surface area contributed by atoms with Gasteiger partial charge in [0.1, 0.15) is 0 Å². The summed E-state index contributed by atoms with van der Waals surface area (Å²) in [6.45, 7) is 4.68. The predicted molar refractivity (Wildman–Crippen MR) is 72.1 cm³/mol. The van der Waals surface area contributed by atoms with Gasteiger partial charge < -0.3 is 30.8 Å². The SMILES string of the molecule is CCOP(=O)(O)O.CCOP(=O)(O)O.CCOP(=O)(O)O.[H-].[K+]. The fourth-order valence-corrected chi connectivity index (χ4v) is 1.51. The summed E-state index contributed by atoms with van der Waals surface area (Å²) in [5, 5.41) is 0. The van der Waals surface area contributed by atoms with Crippen molar-refractivity contribution in [2.24, 2.45) is 0 Å². The molecule has 16 heteroatoms. The Hall–Kier alpha value is 1.97. The molecule has 0 spiro atoms. The Kier molecular flexibility index (Phi) is 23.7. The van der Waals surface area contributed by atoms with Crippen molar-refractivity contribution in [3.63, 3.8) is 0 Å². The third kappa shape index (κ3) is 49.5. The van der Waals surface area contributed by atoms with Gasteiger partial charge in [-0.25, -0.2) is 13.7 Å². The minimum Gasteiger partial charge on any atom is -1.00 e. The van der Waals surface area contributed by atoms with Crippen molar-refractivity contribution in [1.82, 2.24) is 0 Å².